The Balaban J connectivity index is 1.56. The van der Waals surface area contributed by atoms with Gasteiger partial charge in [0.15, 0.2) is 5.76 Å². The number of hydrazine groups is 1. The Morgan fingerprint density at radius 3 is 2.64 bits per heavy atom. The Morgan fingerprint density at radius 2 is 1.96 bits per heavy atom. The number of carbonyl (C=O) groups excluding carboxylic acids is 1. The van der Waals surface area contributed by atoms with Crippen molar-refractivity contribution < 1.29 is 22.4 Å². The SMILES string of the molecule is CC(C)n1cc(S(=O)(=O)NNC(=O)c2ccc(COc3ccccc3)o2)cn1. The number of furan rings is 1. The van der Waals surface area contributed by atoms with E-state index in [1.54, 1.807) is 18.2 Å². The first-order chi connectivity index (χ1) is 13.3. The maximum absolute atomic E-state index is 12.2. The number of para-hydroxylation sites is 1. The van der Waals surface area contributed by atoms with Gasteiger partial charge in [-0.25, -0.2) is 8.42 Å². The fraction of sp³-hybridized carbons (Fsp3) is 0.222. The number of aromatic nitrogens is 2. The molecule has 2 aromatic heterocycles. The van der Waals surface area contributed by atoms with Crippen molar-refractivity contribution in [3.05, 3.63) is 66.4 Å². The van der Waals surface area contributed by atoms with Gasteiger partial charge < -0.3 is 9.15 Å². The van der Waals surface area contributed by atoms with Crippen LogP contribution in [-0.4, -0.2) is 24.1 Å². The summed E-state index contributed by atoms with van der Waals surface area (Å²) < 4.78 is 36.9. The summed E-state index contributed by atoms with van der Waals surface area (Å²) in [4.78, 5) is 14.1. The number of carbonyl (C=O) groups is 1. The van der Waals surface area contributed by atoms with Crippen LogP contribution < -0.4 is 15.0 Å². The fourth-order valence-electron chi connectivity index (χ4n) is 2.22. The third-order valence-electron chi connectivity index (χ3n) is 3.73. The molecular weight excluding hydrogens is 384 g/mol. The molecule has 0 saturated carbocycles. The highest BCUT2D eigenvalue weighted by atomic mass is 32.2. The average Bonchev–Trinajstić information content (AvgIpc) is 3.35. The highest BCUT2D eigenvalue weighted by Crippen LogP contribution is 2.14. The molecule has 1 aromatic carbocycles. The van der Waals surface area contributed by atoms with Crippen molar-refractivity contribution in [2.24, 2.45) is 0 Å². The highest BCUT2D eigenvalue weighted by molar-refractivity contribution is 7.89. The van der Waals surface area contributed by atoms with Crippen molar-refractivity contribution in [1.82, 2.24) is 20.0 Å². The Hall–Kier alpha value is -3.11. The van der Waals surface area contributed by atoms with Gasteiger partial charge in [-0.1, -0.05) is 18.2 Å². The molecule has 0 radical (unpaired) electrons. The summed E-state index contributed by atoms with van der Waals surface area (Å²) in [6.07, 6.45) is 2.59. The zero-order chi connectivity index (χ0) is 20.1. The van der Waals surface area contributed by atoms with Crippen LogP contribution in [0.25, 0.3) is 0 Å². The largest absolute Gasteiger partial charge is 0.486 e. The normalized spacial score (nSPS) is 11.5. The summed E-state index contributed by atoms with van der Waals surface area (Å²) in [5.41, 5.74) is 2.11. The van der Waals surface area contributed by atoms with Gasteiger partial charge in [-0.15, -0.1) is 4.83 Å². The van der Waals surface area contributed by atoms with Gasteiger partial charge in [0.25, 0.3) is 10.0 Å². The average molecular weight is 404 g/mol. The third kappa shape index (κ3) is 4.78. The van der Waals surface area contributed by atoms with Crippen molar-refractivity contribution >= 4 is 15.9 Å². The molecule has 0 atom stereocenters. The topological polar surface area (TPSA) is 115 Å². The molecular formula is C18H20N4O5S. The summed E-state index contributed by atoms with van der Waals surface area (Å²) in [6, 6.07) is 12.2. The van der Waals surface area contributed by atoms with E-state index < -0.39 is 15.9 Å². The predicted molar refractivity (Wildman–Crippen MR) is 99.9 cm³/mol. The van der Waals surface area contributed by atoms with Gasteiger partial charge in [0.05, 0.1) is 6.20 Å². The first-order valence-corrected chi connectivity index (χ1v) is 9.96. The summed E-state index contributed by atoms with van der Waals surface area (Å²) >= 11 is 0. The quantitative estimate of drug-likeness (QED) is 0.557. The molecule has 0 aliphatic heterocycles. The number of amides is 1. The number of ether oxygens (including phenoxy) is 1. The summed E-state index contributed by atoms with van der Waals surface area (Å²) in [5, 5.41) is 3.97. The number of benzene rings is 1. The molecule has 0 saturated heterocycles. The van der Waals surface area contributed by atoms with Gasteiger partial charge in [0, 0.05) is 12.2 Å². The minimum Gasteiger partial charge on any atom is -0.486 e. The summed E-state index contributed by atoms with van der Waals surface area (Å²) in [5.74, 6) is 0.313. The number of hydrogen-bond acceptors (Lipinski definition) is 6. The molecule has 0 spiro atoms. The van der Waals surface area contributed by atoms with Crippen molar-refractivity contribution in [1.29, 1.82) is 0 Å². The molecule has 0 aliphatic rings. The zero-order valence-electron chi connectivity index (χ0n) is 15.3. The molecule has 1 amide bonds. The second-order valence-electron chi connectivity index (χ2n) is 6.18. The van der Waals surface area contributed by atoms with E-state index in [4.69, 9.17) is 9.15 Å². The lowest BCUT2D eigenvalue weighted by atomic mass is 10.3. The lowest BCUT2D eigenvalue weighted by Crippen LogP contribution is -2.41. The van der Waals surface area contributed by atoms with Crippen LogP contribution in [-0.2, 0) is 16.6 Å². The zero-order valence-corrected chi connectivity index (χ0v) is 16.1. The fourth-order valence-corrected chi connectivity index (χ4v) is 3.00. The smallest absolute Gasteiger partial charge is 0.301 e. The molecule has 10 heteroatoms. The standard InChI is InChI=1S/C18H20N4O5S/c1-13(2)22-11-16(10-19-22)28(24,25)21-20-18(23)17-9-8-15(27-17)12-26-14-6-4-3-5-7-14/h3-11,13,21H,12H2,1-2H3,(H,20,23). The predicted octanol–water partition coefficient (Wildman–Crippen LogP) is 2.26. The number of rotatable bonds is 8. The second kappa shape index (κ2) is 8.28. The molecule has 3 aromatic rings. The number of hydrogen-bond donors (Lipinski definition) is 2. The molecule has 0 aliphatic carbocycles. The van der Waals surface area contributed by atoms with Crippen molar-refractivity contribution in [2.45, 2.75) is 31.4 Å². The van der Waals surface area contributed by atoms with Crippen LogP contribution in [0.5, 0.6) is 5.75 Å². The molecule has 2 N–H and O–H groups in total. The van der Waals surface area contributed by atoms with E-state index in [1.165, 1.54) is 23.1 Å². The third-order valence-corrected chi connectivity index (χ3v) is 4.93. The minimum absolute atomic E-state index is 0.0122. The Bertz CT molecular complexity index is 1040. The molecule has 0 fully saturated rings. The molecule has 0 bridgehead atoms. The van der Waals surface area contributed by atoms with E-state index in [-0.39, 0.29) is 23.3 Å². The number of sulfonamides is 1. The van der Waals surface area contributed by atoms with Crippen LogP contribution in [0.15, 0.2) is 64.2 Å². The van der Waals surface area contributed by atoms with E-state index in [2.05, 4.69) is 10.5 Å². The van der Waals surface area contributed by atoms with Crippen LogP contribution in [0.3, 0.4) is 0 Å². The maximum Gasteiger partial charge on any atom is 0.301 e. The molecule has 148 valence electrons. The minimum atomic E-state index is -3.95. The van der Waals surface area contributed by atoms with E-state index in [0.29, 0.717) is 11.5 Å². The molecule has 9 nitrogen and oxygen atoms in total. The van der Waals surface area contributed by atoms with Gasteiger partial charge in [0.1, 0.15) is 23.0 Å². The Labute approximate surface area is 162 Å². The van der Waals surface area contributed by atoms with Crippen molar-refractivity contribution in [2.75, 3.05) is 0 Å². The van der Waals surface area contributed by atoms with Crippen molar-refractivity contribution in [3.8, 4) is 5.75 Å². The van der Waals surface area contributed by atoms with Crippen LogP contribution >= 0.6 is 0 Å². The lowest BCUT2D eigenvalue weighted by Gasteiger charge is -2.06. The molecule has 28 heavy (non-hydrogen) atoms. The Kier molecular flexibility index (Phi) is 5.81. The summed E-state index contributed by atoms with van der Waals surface area (Å²) in [6.45, 7) is 3.88. The van der Waals surface area contributed by atoms with Crippen LogP contribution in [0.4, 0.5) is 0 Å². The van der Waals surface area contributed by atoms with Gasteiger partial charge in [-0.05, 0) is 38.1 Å². The monoisotopic (exact) mass is 404 g/mol. The second-order valence-corrected chi connectivity index (χ2v) is 7.86. The van der Waals surface area contributed by atoms with Crippen LogP contribution in [0.2, 0.25) is 0 Å². The van der Waals surface area contributed by atoms with Gasteiger partial charge >= 0.3 is 5.91 Å². The van der Waals surface area contributed by atoms with E-state index in [1.807, 2.05) is 36.9 Å². The maximum atomic E-state index is 12.2. The van der Waals surface area contributed by atoms with E-state index in [9.17, 15) is 13.2 Å². The van der Waals surface area contributed by atoms with Crippen LogP contribution in [0.1, 0.15) is 36.2 Å². The van der Waals surface area contributed by atoms with Gasteiger partial charge in [-0.2, -0.15) is 5.10 Å². The van der Waals surface area contributed by atoms with Crippen molar-refractivity contribution in [3.63, 3.8) is 0 Å². The first-order valence-electron chi connectivity index (χ1n) is 8.48. The van der Waals surface area contributed by atoms with Gasteiger partial charge in [-0.3, -0.25) is 14.9 Å². The molecule has 2 heterocycles. The van der Waals surface area contributed by atoms with E-state index in [0.717, 1.165) is 0 Å². The highest BCUT2D eigenvalue weighted by Gasteiger charge is 2.20. The molecule has 0 unspecified atom stereocenters. The van der Waals surface area contributed by atoms with Gasteiger partial charge in [0.2, 0.25) is 0 Å². The Morgan fingerprint density at radius 1 is 1.21 bits per heavy atom. The first kappa shape index (κ1) is 19.6. The number of nitrogens with zero attached hydrogens (tertiary/aromatic N) is 2. The van der Waals surface area contributed by atoms with Crippen LogP contribution in [0, 0.1) is 0 Å². The molecule has 3 rings (SSSR count). The van der Waals surface area contributed by atoms with E-state index >= 15 is 0 Å². The number of nitrogens with one attached hydrogen (secondary N) is 2. The summed E-state index contributed by atoms with van der Waals surface area (Å²) in [7, 11) is -3.95. The lowest BCUT2D eigenvalue weighted by molar-refractivity contribution is 0.0913.